The van der Waals surface area contributed by atoms with Crippen molar-refractivity contribution in [3.63, 3.8) is 0 Å². The largest absolute Gasteiger partial charge is 0.478 e. The van der Waals surface area contributed by atoms with Gasteiger partial charge in [-0.25, -0.2) is 9.78 Å². The summed E-state index contributed by atoms with van der Waals surface area (Å²) in [7, 11) is 4.04. The van der Waals surface area contributed by atoms with Gasteiger partial charge in [0, 0.05) is 26.3 Å². The van der Waals surface area contributed by atoms with Crippen molar-refractivity contribution in [2.45, 2.75) is 13.0 Å². The van der Waals surface area contributed by atoms with Crippen molar-refractivity contribution in [3.8, 4) is 11.1 Å². The minimum atomic E-state index is -0.986. The molecule has 162 valence electrons. The zero-order valence-electron chi connectivity index (χ0n) is 17.8. The second-order valence-corrected chi connectivity index (χ2v) is 8.81. The first-order chi connectivity index (χ1) is 15.4. The number of carboxylic acid groups (broad SMARTS) is 1. The van der Waals surface area contributed by atoms with E-state index in [1.807, 2.05) is 26.2 Å². The molecule has 0 spiro atoms. The second-order valence-electron chi connectivity index (χ2n) is 7.69. The summed E-state index contributed by atoms with van der Waals surface area (Å²) in [6.07, 6.45) is 0.184. The van der Waals surface area contributed by atoms with Crippen LogP contribution in [0.4, 0.5) is 5.69 Å². The van der Waals surface area contributed by atoms with Crippen LogP contribution in [0.15, 0.2) is 66.7 Å². The highest BCUT2D eigenvalue weighted by atomic mass is 32.1. The van der Waals surface area contributed by atoms with Crippen molar-refractivity contribution < 1.29 is 14.7 Å². The zero-order chi connectivity index (χ0) is 22.7. The van der Waals surface area contributed by atoms with E-state index in [2.05, 4.69) is 45.5 Å². The zero-order valence-corrected chi connectivity index (χ0v) is 18.6. The van der Waals surface area contributed by atoms with E-state index in [1.54, 1.807) is 18.2 Å². The highest BCUT2D eigenvalue weighted by Gasteiger charge is 2.11. The Morgan fingerprint density at radius 1 is 1.00 bits per heavy atom. The maximum atomic E-state index is 12.4. The molecule has 7 heteroatoms. The van der Waals surface area contributed by atoms with Crippen LogP contribution in [0.25, 0.3) is 21.3 Å². The average molecular weight is 446 g/mol. The van der Waals surface area contributed by atoms with E-state index in [0.29, 0.717) is 0 Å². The molecule has 6 nitrogen and oxygen atoms in total. The Labute approximate surface area is 190 Å². The van der Waals surface area contributed by atoms with Crippen LogP contribution in [-0.4, -0.2) is 36.1 Å². The van der Waals surface area contributed by atoms with Crippen molar-refractivity contribution in [2.75, 3.05) is 19.0 Å². The van der Waals surface area contributed by atoms with Crippen molar-refractivity contribution >= 4 is 39.1 Å². The van der Waals surface area contributed by atoms with Crippen LogP contribution in [-0.2, 0) is 17.8 Å². The maximum absolute atomic E-state index is 12.4. The summed E-state index contributed by atoms with van der Waals surface area (Å²) in [5.74, 6) is -1.14. The van der Waals surface area contributed by atoms with Gasteiger partial charge in [0.15, 0.2) is 0 Å². The van der Waals surface area contributed by atoms with Crippen LogP contribution in [0.2, 0.25) is 0 Å². The molecule has 0 saturated carbocycles. The number of carboxylic acids is 1. The molecule has 0 radical (unpaired) electrons. The lowest BCUT2D eigenvalue weighted by molar-refractivity contribution is -0.120. The van der Waals surface area contributed by atoms with Crippen molar-refractivity contribution in [3.05, 3.63) is 82.9 Å². The lowest BCUT2D eigenvalue weighted by Gasteiger charge is -2.13. The fourth-order valence-electron chi connectivity index (χ4n) is 3.41. The van der Waals surface area contributed by atoms with Gasteiger partial charge in [0.1, 0.15) is 5.01 Å². The number of nitrogens with zero attached hydrogens (tertiary/aromatic N) is 2. The third-order valence-corrected chi connectivity index (χ3v) is 6.12. The topological polar surface area (TPSA) is 82.5 Å². The van der Waals surface area contributed by atoms with Gasteiger partial charge in [0.2, 0.25) is 5.91 Å². The van der Waals surface area contributed by atoms with Crippen LogP contribution < -0.4 is 10.2 Å². The van der Waals surface area contributed by atoms with E-state index in [0.717, 1.165) is 37.6 Å². The fraction of sp³-hybridized carbons (Fsp3) is 0.160. The Balaban J connectivity index is 1.45. The predicted molar refractivity (Wildman–Crippen MR) is 128 cm³/mol. The Morgan fingerprint density at radius 2 is 1.78 bits per heavy atom. The standard InChI is InChI=1S/C25H23N3O3S/c1-28(2)20-8-4-6-17(12-20)18-9-10-21-22(13-18)32-24(27-21)14-23(29)26-15-16-5-3-7-19(11-16)25(30)31/h3-13H,14-15H2,1-2H3,(H,26,29)(H,30,31). The van der Waals surface area contributed by atoms with E-state index in [-0.39, 0.29) is 24.4 Å². The molecule has 2 N–H and O–H groups in total. The third-order valence-electron chi connectivity index (χ3n) is 5.10. The molecule has 4 rings (SSSR count). The Hall–Kier alpha value is -3.71. The number of amides is 1. The molecule has 0 bridgehead atoms. The van der Waals surface area contributed by atoms with E-state index in [1.165, 1.54) is 17.4 Å². The first-order valence-electron chi connectivity index (χ1n) is 10.2. The number of aromatic carboxylic acids is 1. The molecule has 0 unspecified atom stereocenters. The second kappa shape index (κ2) is 9.20. The normalized spacial score (nSPS) is 10.8. The van der Waals surface area contributed by atoms with Gasteiger partial charge in [-0.15, -0.1) is 11.3 Å². The fourth-order valence-corrected chi connectivity index (χ4v) is 4.41. The summed E-state index contributed by atoms with van der Waals surface area (Å²) >= 11 is 1.51. The molecule has 1 heterocycles. The molecular formula is C25H23N3O3S. The van der Waals surface area contributed by atoms with Crippen LogP contribution in [0.1, 0.15) is 20.9 Å². The van der Waals surface area contributed by atoms with Gasteiger partial charge in [-0.3, -0.25) is 4.79 Å². The van der Waals surface area contributed by atoms with E-state index in [4.69, 9.17) is 5.11 Å². The Kier molecular flexibility index (Phi) is 6.18. The van der Waals surface area contributed by atoms with Gasteiger partial charge < -0.3 is 15.3 Å². The summed E-state index contributed by atoms with van der Waals surface area (Å²) in [5, 5.41) is 12.7. The molecule has 0 fully saturated rings. The average Bonchev–Trinajstić information content (AvgIpc) is 3.19. The molecule has 0 saturated heterocycles. The van der Waals surface area contributed by atoms with E-state index < -0.39 is 5.97 Å². The van der Waals surface area contributed by atoms with Crippen LogP contribution in [0.3, 0.4) is 0 Å². The van der Waals surface area contributed by atoms with Crippen molar-refractivity contribution in [2.24, 2.45) is 0 Å². The number of carbonyl (C=O) groups is 2. The summed E-state index contributed by atoms with van der Waals surface area (Å²) in [6.45, 7) is 0.275. The first-order valence-corrected chi connectivity index (χ1v) is 11.0. The number of anilines is 1. The predicted octanol–water partition coefficient (Wildman–Crippen LogP) is 4.59. The molecule has 4 aromatic rings. The lowest BCUT2D eigenvalue weighted by Crippen LogP contribution is -2.24. The summed E-state index contributed by atoms with van der Waals surface area (Å²) in [6, 6.07) is 21.1. The van der Waals surface area contributed by atoms with Crippen LogP contribution >= 0.6 is 11.3 Å². The number of aromatic nitrogens is 1. The molecular weight excluding hydrogens is 422 g/mol. The van der Waals surface area contributed by atoms with E-state index in [9.17, 15) is 9.59 Å². The minimum Gasteiger partial charge on any atom is -0.478 e. The Bertz CT molecular complexity index is 1300. The molecule has 1 aromatic heterocycles. The molecule has 0 aliphatic rings. The van der Waals surface area contributed by atoms with Crippen molar-refractivity contribution in [1.82, 2.24) is 10.3 Å². The molecule has 0 aliphatic heterocycles. The first kappa shape index (κ1) is 21.5. The summed E-state index contributed by atoms with van der Waals surface area (Å²) in [4.78, 5) is 30.2. The lowest BCUT2D eigenvalue weighted by atomic mass is 10.0. The summed E-state index contributed by atoms with van der Waals surface area (Å²) in [5.41, 5.74) is 5.20. The molecule has 0 atom stereocenters. The minimum absolute atomic E-state index is 0.149. The highest BCUT2D eigenvalue weighted by Crippen LogP contribution is 2.30. The number of fused-ring (bicyclic) bond motifs is 1. The number of nitrogens with one attached hydrogen (secondary N) is 1. The van der Waals surface area contributed by atoms with Crippen LogP contribution in [0.5, 0.6) is 0 Å². The van der Waals surface area contributed by atoms with Gasteiger partial charge >= 0.3 is 5.97 Å². The molecule has 1 amide bonds. The van der Waals surface area contributed by atoms with Crippen molar-refractivity contribution in [1.29, 1.82) is 0 Å². The molecule has 32 heavy (non-hydrogen) atoms. The van der Waals surface area contributed by atoms with Gasteiger partial charge in [0.25, 0.3) is 0 Å². The van der Waals surface area contributed by atoms with E-state index >= 15 is 0 Å². The monoisotopic (exact) mass is 445 g/mol. The highest BCUT2D eigenvalue weighted by molar-refractivity contribution is 7.18. The smallest absolute Gasteiger partial charge is 0.335 e. The van der Waals surface area contributed by atoms with Crippen LogP contribution in [0, 0.1) is 0 Å². The third kappa shape index (κ3) is 4.95. The number of hydrogen-bond donors (Lipinski definition) is 2. The number of hydrogen-bond acceptors (Lipinski definition) is 5. The number of carbonyl (C=O) groups excluding carboxylic acids is 1. The maximum Gasteiger partial charge on any atom is 0.335 e. The van der Waals surface area contributed by atoms with Gasteiger partial charge in [0.05, 0.1) is 22.2 Å². The summed E-state index contributed by atoms with van der Waals surface area (Å²) < 4.78 is 1.04. The van der Waals surface area contributed by atoms with Gasteiger partial charge in [-0.1, -0.05) is 30.3 Å². The number of benzene rings is 3. The Morgan fingerprint density at radius 3 is 2.56 bits per heavy atom. The SMILES string of the molecule is CN(C)c1cccc(-c2ccc3nc(CC(=O)NCc4cccc(C(=O)O)c4)sc3c2)c1. The molecule has 3 aromatic carbocycles. The van der Waals surface area contributed by atoms with Gasteiger partial charge in [-0.05, 0) is 53.1 Å². The molecule has 0 aliphatic carbocycles. The van der Waals surface area contributed by atoms with Gasteiger partial charge in [-0.2, -0.15) is 0 Å². The number of thiazole rings is 1. The number of rotatable bonds is 7. The quantitative estimate of drug-likeness (QED) is 0.435.